The van der Waals surface area contributed by atoms with Crippen molar-refractivity contribution in [2.24, 2.45) is 0 Å². The van der Waals surface area contributed by atoms with E-state index in [9.17, 15) is 4.79 Å². The first kappa shape index (κ1) is 13.6. The summed E-state index contributed by atoms with van der Waals surface area (Å²) in [5, 5.41) is 6.61. The SMILES string of the molecule is CCNC(=O)CN(C)c1nc(N)nc(-n2cncn2)n1. The molecule has 2 aromatic rings. The van der Waals surface area contributed by atoms with Gasteiger partial charge in [0.1, 0.15) is 12.7 Å². The maximum atomic E-state index is 11.5. The zero-order chi connectivity index (χ0) is 14.5. The molecule has 0 aromatic carbocycles. The van der Waals surface area contributed by atoms with Gasteiger partial charge in [-0.3, -0.25) is 4.79 Å². The number of hydrogen-bond acceptors (Lipinski definition) is 8. The van der Waals surface area contributed by atoms with Crippen LogP contribution >= 0.6 is 0 Å². The van der Waals surface area contributed by atoms with Crippen molar-refractivity contribution in [2.75, 3.05) is 30.8 Å². The summed E-state index contributed by atoms with van der Waals surface area (Å²) < 4.78 is 1.36. The standard InChI is InChI=1S/C10H15N9O/c1-3-13-7(20)4-18(2)9-15-8(11)16-10(17-9)19-6-12-5-14-19/h5-6H,3-4H2,1-2H3,(H,13,20)(H2,11,15,16,17). The van der Waals surface area contributed by atoms with Crippen LogP contribution in [-0.4, -0.2) is 55.8 Å². The Morgan fingerprint density at radius 2 is 2.25 bits per heavy atom. The molecule has 0 fully saturated rings. The van der Waals surface area contributed by atoms with Crippen molar-refractivity contribution in [3.8, 4) is 5.95 Å². The Hall–Kier alpha value is -2.78. The van der Waals surface area contributed by atoms with E-state index in [2.05, 4.69) is 30.4 Å². The lowest BCUT2D eigenvalue weighted by Crippen LogP contribution is -2.36. The molecule has 0 atom stereocenters. The fraction of sp³-hybridized carbons (Fsp3) is 0.400. The Morgan fingerprint density at radius 1 is 1.45 bits per heavy atom. The first-order chi connectivity index (χ1) is 9.60. The number of nitrogens with two attached hydrogens (primary N) is 1. The summed E-state index contributed by atoms with van der Waals surface area (Å²) >= 11 is 0. The smallest absolute Gasteiger partial charge is 0.258 e. The topological polar surface area (TPSA) is 128 Å². The number of carbonyl (C=O) groups is 1. The summed E-state index contributed by atoms with van der Waals surface area (Å²) in [5.74, 6) is 0.446. The minimum absolute atomic E-state index is 0.0447. The first-order valence-electron chi connectivity index (χ1n) is 5.94. The molecule has 0 saturated heterocycles. The van der Waals surface area contributed by atoms with E-state index in [-0.39, 0.29) is 30.3 Å². The number of rotatable bonds is 5. The predicted octanol–water partition coefficient (Wildman–Crippen LogP) is -1.39. The largest absolute Gasteiger partial charge is 0.368 e. The van der Waals surface area contributed by atoms with Crippen LogP contribution in [0, 0.1) is 0 Å². The molecule has 1 amide bonds. The van der Waals surface area contributed by atoms with Gasteiger partial charge in [0.25, 0.3) is 5.95 Å². The molecular formula is C10H15N9O. The van der Waals surface area contributed by atoms with Crippen molar-refractivity contribution in [1.29, 1.82) is 0 Å². The Kier molecular flexibility index (Phi) is 4.03. The van der Waals surface area contributed by atoms with Crippen LogP contribution < -0.4 is 16.0 Å². The van der Waals surface area contributed by atoms with Crippen molar-refractivity contribution < 1.29 is 4.79 Å². The summed E-state index contributed by atoms with van der Waals surface area (Å²) in [4.78, 5) is 29.1. The minimum atomic E-state index is -0.128. The van der Waals surface area contributed by atoms with Crippen molar-refractivity contribution in [3.05, 3.63) is 12.7 Å². The van der Waals surface area contributed by atoms with E-state index < -0.39 is 0 Å². The third-order valence-corrected chi connectivity index (χ3v) is 2.35. The lowest BCUT2D eigenvalue weighted by atomic mass is 10.5. The number of anilines is 2. The molecule has 0 bridgehead atoms. The summed E-state index contributed by atoms with van der Waals surface area (Å²) in [5.41, 5.74) is 5.64. The molecule has 0 radical (unpaired) electrons. The van der Waals surface area contributed by atoms with E-state index in [1.165, 1.54) is 17.3 Å². The summed E-state index contributed by atoms with van der Waals surface area (Å²) in [6.07, 6.45) is 2.81. The average Bonchev–Trinajstić information content (AvgIpc) is 2.92. The van der Waals surface area contributed by atoms with Crippen molar-refractivity contribution in [2.45, 2.75) is 6.92 Å². The highest BCUT2D eigenvalue weighted by atomic mass is 16.2. The Balaban J connectivity index is 2.21. The maximum absolute atomic E-state index is 11.5. The molecule has 20 heavy (non-hydrogen) atoms. The van der Waals surface area contributed by atoms with Gasteiger partial charge < -0.3 is 16.0 Å². The molecule has 0 saturated carbocycles. The maximum Gasteiger partial charge on any atom is 0.258 e. The van der Waals surface area contributed by atoms with E-state index in [0.29, 0.717) is 6.54 Å². The third-order valence-electron chi connectivity index (χ3n) is 2.35. The Bertz CT molecular complexity index is 582. The van der Waals surface area contributed by atoms with Crippen LogP contribution in [0.3, 0.4) is 0 Å². The van der Waals surface area contributed by atoms with Gasteiger partial charge >= 0.3 is 0 Å². The molecule has 106 valence electrons. The molecule has 10 heteroatoms. The predicted molar refractivity (Wildman–Crippen MR) is 71.1 cm³/mol. The van der Waals surface area contributed by atoms with E-state index in [1.54, 1.807) is 11.9 Å². The highest BCUT2D eigenvalue weighted by Crippen LogP contribution is 2.09. The minimum Gasteiger partial charge on any atom is -0.368 e. The van der Waals surface area contributed by atoms with Crippen LogP contribution in [0.2, 0.25) is 0 Å². The van der Waals surface area contributed by atoms with Gasteiger partial charge in [-0.1, -0.05) is 0 Å². The van der Waals surface area contributed by atoms with Gasteiger partial charge in [0.05, 0.1) is 6.54 Å². The second kappa shape index (κ2) is 5.91. The zero-order valence-electron chi connectivity index (χ0n) is 11.2. The van der Waals surface area contributed by atoms with Crippen LogP contribution in [0.4, 0.5) is 11.9 Å². The zero-order valence-corrected chi connectivity index (χ0v) is 11.2. The Labute approximate surface area is 115 Å². The van der Waals surface area contributed by atoms with Gasteiger partial charge in [-0.15, -0.1) is 0 Å². The normalized spacial score (nSPS) is 10.3. The van der Waals surface area contributed by atoms with Crippen LogP contribution in [0.1, 0.15) is 6.92 Å². The monoisotopic (exact) mass is 277 g/mol. The molecule has 3 N–H and O–H groups in total. The quantitative estimate of drug-likeness (QED) is 0.683. The number of nitrogens with one attached hydrogen (secondary N) is 1. The first-order valence-corrected chi connectivity index (χ1v) is 5.94. The molecule has 10 nitrogen and oxygen atoms in total. The highest BCUT2D eigenvalue weighted by Gasteiger charge is 2.13. The molecule has 0 unspecified atom stereocenters. The second-order valence-corrected chi connectivity index (χ2v) is 3.94. The van der Waals surface area contributed by atoms with Gasteiger partial charge in [-0.2, -0.15) is 24.7 Å². The average molecular weight is 277 g/mol. The number of nitrogens with zero attached hydrogens (tertiary/aromatic N) is 7. The fourth-order valence-electron chi connectivity index (χ4n) is 1.49. The van der Waals surface area contributed by atoms with Gasteiger partial charge in [-0.25, -0.2) is 4.98 Å². The highest BCUT2D eigenvalue weighted by molar-refractivity contribution is 5.80. The molecule has 2 rings (SSSR count). The van der Waals surface area contributed by atoms with Gasteiger partial charge in [0, 0.05) is 13.6 Å². The van der Waals surface area contributed by atoms with Gasteiger partial charge in [0.2, 0.25) is 17.8 Å². The van der Waals surface area contributed by atoms with Crippen LogP contribution in [0.5, 0.6) is 0 Å². The summed E-state index contributed by atoms with van der Waals surface area (Å²) in [6, 6.07) is 0. The summed E-state index contributed by atoms with van der Waals surface area (Å²) in [7, 11) is 1.69. The van der Waals surface area contributed by atoms with Crippen molar-refractivity contribution >= 4 is 17.8 Å². The van der Waals surface area contributed by atoms with E-state index >= 15 is 0 Å². The third kappa shape index (κ3) is 3.16. The van der Waals surface area contributed by atoms with E-state index in [4.69, 9.17) is 5.73 Å². The molecule has 2 aromatic heterocycles. The fourth-order valence-corrected chi connectivity index (χ4v) is 1.49. The number of aromatic nitrogens is 6. The molecule has 0 spiro atoms. The van der Waals surface area contributed by atoms with E-state index in [0.717, 1.165) is 0 Å². The summed E-state index contributed by atoms with van der Waals surface area (Å²) in [6.45, 7) is 2.53. The second-order valence-electron chi connectivity index (χ2n) is 3.94. The molecule has 2 heterocycles. The van der Waals surface area contributed by atoms with Crippen LogP contribution in [0.25, 0.3) is 5.95 Å². The van der Waals surface area contributed by atoms with Gasteiger partial charge in [-0.05, 0) is 6.92 Å². The Morgan fingerprint density at radius 3 is 2.90 bits per heavy atom. The van der Waals surface area contributed by atoms with Crippen LogP contribution in [0.15, 0.2) is 12.7 Å². The molecule has 0 aliphatic rings. The number of hydrogen-bond donors (Lipinski definition) is 2. The molecule has 0 aliphatic heterocycles. The van der Waals surface area contributed by atoms with Crippen molar-refractivity contribution in [1.82, 2.24) is 35.0 Å². The number of likely N-dealkylation sites (N-methyl/N-ethyl adjacent to an activating group) is 2. The van der Waals surface area contributed by atoms with Crippen molar-refractivity contribution in [3.63, 3.8) is 0 Å². The lowest BCUT2D eigenvalue weighted by molar-refractivity contribution is -0.119. The number of carbonyl (C=O) groups excluding carboxylic acids is 1. The lowest BCUT2D eigenvalue weighted by Gasteiger charge is -2.16. The number of amides is 1. The number of nitrogen functional groups attached to an aromatic ring is 1. The van der Waals surface area contributed by atoms with E-state index in [1.807, 2.05) is 6.92 Å². The van der Waals surface area contributed by atoms with Crippen LogP contribution in [-0.2, 0) is 4.79 Å². The molecule has 0 aliphatic carbocycles. The van der Waals surface area contributed by atoms with Gasteiger partial charge in [0.15, 0.2) is 0 Å². The molecular weight excluding hydrogens is 262 g/mol.